The van der Waals surface area contributed by atoms with Crippen LogP contribution in [0.25, 0.3) is 0 Å². The van der Waals surface area contributed by atoms with Crippen molar-refractivity contribution in [1.29, 1.82) is 0 Å². The van der Waals surface area contributed by atoms with E-state index >= 15 is 0 Å². The normalized spacial score (nSPS) is 16.0. The lowest BCUT2D eigenvalue weighted by molar-refractivity contribution is -0.121. The first-order chi connectivity index (χ1) is 13.3. The molecule has 10 heteroatoms. The molecule has 2 aromatic rings. The largest absolute Gasteiger partial charge is 0.356 e. The van der Waals surface area contributed by atoms with Crippen LogP contribution in [0.3, 0.4) is 0 Å². The number of benzene rings is 1. The second-order valence-corrected chi connectivity index (χ2v) is 9.10. The first-order valence-electron chi connectivity index (χ1n) is 8.91. The minimum absolute atomic E-state index is 0.0583. The summed E-state index contributed by atoms with van der Waals surface area (Å²) in [5.74, 6) is 0.517. The van der Waals surface area contributed by atoms with Gasteiger partial charge in [0, 0.05) is 30.5 Å². The molecule has 0 saturated carbocycles. The SMILES string of the molecule is CCc1cc(=O)n2c(n1)SCC2CC(=O)NCCc1ccc(S(N)(=O)=O)cc1. The third kappa shape index (κ3) is 4.81. The highest BCUT2D eigenvalue weighted by molar-refractivity contribution is 7.99. The Hall–Kier alpha value is -2.17. The van der Waals surface area contributed by atoms with Gasteiger partial charge >= 0.3 is 0 Å². The number of sulfonamides is 1. The lowest BCUT2D eigenvalue weighted by Crippen LogP contribution is -2.31. The van der Waals surface area contributed by atoms with Crippen LogP contribution in [0.5, 0.6) is 0 Å². The highest BCUT2D eigenvalue weighted by atomic mass is 32.2. The Morgan fingerprint density at radius 1 is 1.36 bits per heavy atom. The number of nitrogens with two attached hydrogens (primary N) is 1. The molecule has 0 saturated heterocycles. The molecule has 3 N–H and O–H groups in total. The predicted molar refractivity (Wildman–Crippen MR) is 107 cm³/mol. The molecular formula is C18H22N4O4S2. The molecule has 0 bridgehead atoms. The Morgan fingerprint density at radius 3 is 2.71 bits per heavy atom. The number of hydrogen-bond acceptors (Lipinski definition) is 6. The van der Waals surface area contributed by atoms with Crippen molar-refractivity contribution in [2.24, 2.45) is 5.14 Å². The monoisotopic (exact) mass is 422 g/mol. The van der Waals surface area contributed by atoms with Crippen molar-refractivity contribution < 1.29 is 13.2 Å². The zero-order chi connectivity index (χ0) is 20.3. The Morgan fingerprint density at radius 2 is 2.07 bits per heavy atom. The summed E-state index contributed by atoms with van der Waals surface area (Å²) in [4.78, 5) is 29.1. The zero-order valence-corrected chi connectivity index (χ0v) is 17.1. The number of rotatable bonds is 7. The topological polar surface area (TPSA) is 124 Å². The number of aromatic nitrogens is 2. The number of nitrogens with zero attached hydrogens (tertiary/aromatic N) is 2. The van der Waals surface area contributed by atoms with E-state index in [4.69, 9.17) is 5.14 Å². The molecule has 1 atom stereocenters. The maximum atomic E-state index is 12.3. The Bertz CT molecular complexity index is 1030. The summed E-state index contributed by atoms with van der Waals surface area (Å²) in [5.41, 5.74) is 1.55. The molecule has 2 heterocycles. The van der Waals surface area contributed by atoms with Crippen molar-refractivity contribution >= 4 is 27.7 Å². The van der Waals surface area contributed by atoms with Crippen LogP contribution in [0.15, 0.2) is 45.2 Å². The quantitative estimate of drug-likeness (QED) is 0.638. The molecule has 28 heavy (non-hydrogen) atoms. The average Bonchev–Trinajstić information content (AvgIpc) is 3.04. The summed E-state index contributed by atoms with van der Waals surface area (Å²) in [6.07, 6.45) is 1.48. The zero-order valence-electron chi connectivity index (χ0n) is 15.4. The third-order valence-corrected chi connectivity index (χ3v) is 6.54. The number of aryl methyl sites for hydroxylation is 1. The van der Waals surface area contributed by atoms with Crippen molar-refractivity contribution in [3.8, 4) is 0 Å². The number of amides is 1. The minimum atomic E-state index is -3.70. The summed E-state index contributed by atoms with van der Waals surface area (Å²) in [7, 11) is -3.70. The molecule has 1 aromatic heterocycles. The molecule has 1 aliphatic heterocycles. The fourth-order valence-corrected chi connectivity index (χ4v) is 4.69. The van der Waals surface area contributed by atoms with Gasteiger partial charge in [-0.2, -0.15) is 0 Å². The Balaban J connectivity index is 1.53. The van der Waals surface area contributed by atoms with Gasteiger partial charge in [-0.25, -0.2) is 18.5 Å². The van der Waals surface area contributed by atoms with E-state index in [0.717, 1.165) is 11.3 Å². The van der Waals surface area contributed by atoms with E-state index in [1.54, 1.807) is 16.7 Å². The standard InChI is InChI=1S/C18H22N4O4S2/c1-2-13-9-17(24)22-14(11-27-18(22)21-13)10-16(23)20-8-7-12-3-5-15(6-4-12)28(19,25)26/h3-6,9,14H,2,7-8,10-11H2,1H3,(H,20,23)(H2,19,25,26). The van der Waals surface area contributed by atoms with Gasteiger partial charge in [0.2, 0.25) is 15.9 Å². The Labute approximate surface area is 167 Å². The number of nitrogens with one attached hydrogen (secondary N) is 1. The average molecular weight is 423 g/mol. The van der Waals surface area contributed by atoms with Crippen molar-refractivity contribution in [1.82, 2.24) is 14.9 Å². The summed E-state index contributed by atoms with van der Waals surface area (Å²) in [6.45, 7) is 2.37. The number of thioether (sulfide) groups is 1. The fourth-order valence-electron chi connectivity index (χ4n) is 3.01. The van der Waals surface area contributed by atoms with Crippen LogP contribution < -0.4 is 16.0 Å². The van der Waals surface area contributed by atoms with Crippen molar-refractivity contribution in [3.05, 3.63) is 51.9 Å². The summed E-state index contributed by atoms with van der Waals surface area (Å²) in [5, 5.41) is 8.60. The molecule has 0 radical (unpaired) electrons. The first kappa shape index (κ1) is 20.6. The van der Waals surface area contributed by atoms with Gasteiger partial charge in [-0.05, 0) is 30.5 Å². The molecule has 8 nitrogen and oxygen atoms in total. The minimum Gasteiger partial charge on any atom is -0.356 e. The van der Waals surface area contributed by atoms with Gasteiger partial charge in [0.15, 0.2) is 5.16 Å². The van der Waals surface area contributed by atoms with Crippen LogP contribution in [-0.2, 0) is 27.7 Å². The number of fused-ring (bicyclic) bond motifs is 1. The molecule has 150 valence electrons. The molecule has 0 fully saturated rings. The Kier molecular flexibility index (Phi) is 6.21. The van der Waals surface area contributed by atoms with Crippen LogP contribution in [0.4, 0.5) is 0 Å². The molecule has 0 spiro atoms. The number of carbonyl (C=O) groups is 1. The number of carbonyl (C=O) groups excluding carboxylic acids is 1. The van der Waals surface area contributed by atoms with E-state index in [9.17, 15) is 18.0 Å². The van der Waals surface area contributed by atoms with Gasteiger partial charge in [-0.1, -0.05) is 30.8 Å². The van der Waals surface area contributed by atoms with Crippen LogP contribution in [0.1, 0.15) is 30.6 Å². The van der Waals surface area contributed by atoms with Crippen LogP contribution in [-0.4, -0.2) is 36.2 Å². The second-order valence-electron chi connectivity index (χ2n) is 6.55. The fraction of sp³-hybridized carbons (Fsp3) is 0.389. The first-order valence-corrected chi connectivity index (χ1v) is 11.4. The van der Waals surface area contributed by atoms with E-state index in [2.05, 4.69) is 10.3 Å². The van der Waals surface area contributed by atoms with Gasteiger partial charge in [0.1, 0.15) is 0 Å². The van der Waals surface area contributed by atoms with E-state index in [1.807, 2.05) is 6.92 Å². The van der Waals surface area contributed by atoms with E-state index < -0.39 is 10.0 Å². The maximum Gasteiger partial charge on any atom is 0.254 e. The predicted octanol–water partition coefficient (Wildman–Crippen LogP) is 0.849. The lowest BCUT2D eigenvalue weighted by atomic mass is 10.1. The van der Waals surface area contributed by atoms with Crippen molar-refractivity contribution in [2.45, 2.75) is 42.3 Å². The van der Waals surface area contributed by atoms with Crippen molar-refractivity contribution in [3.63, 3.8) is 0 Å². The molecule has 0 aliphatic carbocycles. The number of primary sulfonamides is 1. The molecular weight excluding hydrogens is 400 g/mol. The molecule has 1 aromatic carbocycles. The third-order valence-electron chi connectivity index (χ3n) is 4.51. The van der Waals surface area contributed by atoms with Gasteiger partial charge in [0.25, 0.3) is 5.56 Å². The molecule has 1 aliphatic rings. The van der Waals surface area contributed by atoms with E-state index in [1.165, 1.54) is 30.0 Å². The smallest absolute Gasteiger partial charge is 0.254 e. The van der Waals surface area contributed by atoms with Gasteiger partial charge in [0.05, 0.1) is 10.9 Å². The van der Waals surface area contributed by atoms with E-state index in [-0.39, 0.29) is 28.8 Å². The van der Waals surface area contributed by atoms with Gasteiger partial charge in [-0.3, -0.25) is 14.2 Å². The van der Waals surface area contributed by atoms with E-state index in [0.29, 0.717) is 30.3 Å². The second kappa shape index (κ2) is 8.46. The van der Waals surface area contributed by atoms with Crippen LogP contribution in [0.2, 0.25) is 0 Å². The molecule has 1 unspecified atom stereocenters. The van der Waals surface area contributed by atoms with Crippen molar-refractivity contribution in [2.75, 3.05) is 12.3 Å². The van der Waals surface area contributed by atoms with Crippen LogP contribution in [0, 0.1) is 0 Å². The van der Waals surface area contributed by atoms with Gasteiger partial charge in [-0.15, -0.1) is 0 Å². The number of hydrogen-bond donors (Lipinski definition) is 2. The maximum absolute atomic E-state index is 12.3. The lowest BCUT2D eigenvalue weighted by Gasteiger charge is -2.13. The van der Waals surface area contributed by atoms with Crippen LogP contribution >= 0.6 is 11.8 Å². The highest BCUT2D eigenvalue weighted by Crippen LogP contribution is 2.31. The van der Waals surface area contributed by atoms with Gasteiger partial charge < -0.3 is 5.32 Å². The molecule has 1 amide bonds. The highest BCUT2D eigenvalue weighted by Gasteiger charge is 2.27. The summed E-state index contributed by atoms with van der Waals surface area (Å²) >= 11 is 1.50. The summed E-state index contributed by atoms with van der Waals surface area (Å²) < 4.78 is 24.1. The summed E-state index contributed by atoms with van der Waals surface area (Å²) in [6, 6.07) is 7.58. The molecule has 3 rings (SSSR count).